The Morgan fingerprint density at radius 3 is 2.22 bits per heavy atom. The molecule has 0 radical (unpaired) electrons. The summed E-state index contributed by atoms with van der Waals surface area (Å²) in [5.74, 6) is 0.159. The molecule has 0 saturated carbocycles. The predicted octanol–water partition coefficient (Wildman–Crippen LogP) is 3.10. The van der Waals surface area contributed by atoms with Crippen LogP contribution in [0.25, 0.3) is 0 Å². The number of amides is 1. The van der Waals surface area contributed by atoms with Gasteiger partial charge in [-0.25, -0.2) is 0 Å². The van der Waals surface area contributed by atoms with Crippen LogP contribution in [0.3, 0.4) is 0 Å². The molecule has 1 aliphatic rings. The maximum Gasteiger partial charge on any atom is 0.416 e. The van der Waals surface area contributed by atoms with E-state index in [0.29, 0.717) is 19.6 Å². The summed E-state index contributed by atoms with van der Waals surface area (Å²) >= 11 is 1.54. The molecule has 1 aromatic rings. The Labute approximate surface area is 138 Å². The molecule has 1 heterocycles. The Morgan fingerprint density at radius 2 is 1.74 bits per heavy atom. The molecule has 1 aliphatic heterocycles. The third-order valence-electron chi connectivity index (χ3n) is 4.07. The van der Waals surface area contributed by atoms with Gasteiger partial charge in [0.15, 0.2) is 0 Å². The summed E-state index contributed by atoms with van der Waals surface area (Å²) in [6, 6.07) is 5.29. The molecule has 0 aliphatic carbocycles. The van der Waals surface area contributed by atoms with Crippen LogP contribution in [0.15, 0.2) is 24.3 Å². The smallest absolute Gasteiger partial charge is 0.339 e. The Hall–Kier alpha value is -1.21. The standard InChI is InChI=1S/C16H21F3N2OS/c1-12(23-2)15(22)21-9-7-20(8-10-21)11-13-3-5-14(6-4-13)16(17,18)19/h3-6,12H,7-11H2,1-2H3/t12-/m1/s1. The molecule has 1 saturated heterocycles. The molecule has 3 nitrogen and oxygen atoms in total. The fourth-order valence-corrected chi connectivity index (χ4v) is 2.89. The van der Waals surface area contributed by atoms with E-state index in [1.807, 2.05) is 18.1 Å². The summed E-state index contributed by atoms with van der Waals surface area (Å²) in [7, 11) is 0. The third-order valence-corrected chi connectivity index (χ3v) is 4.98. The highest BCUT2D eigenvalue weighted by atomic mass is 32.2. The number of nitrogens with zero attached hydrogens (tertiary/aromatic N) is 2. The quantitative estimate of drug-likeness (QED) is 0.837. The second-order valence-corrected chi connectivity index (χ2v) is 6.85. The molecule has 0 unspecified atom stereocenters. The lowest BCUT2D eigenvalue weighted by molar-refractivity contribution is -0.137. The number of carbonyl (C=O) groups is 1. The molecule has 7 heteroatoms. The maximum atomic E-state index is 12.5. The van der Waals surface area contributed by atoms with Crippen molar-refractivity contribution >= 4 is 17.7 Å². The van der Waals surface area contributed by atoms with Gasteiger partial charge in [0.1, 0.15) is 0 Å². The first-order chi connectivity index (χ1) is 10.8. The summed E-state index contributed by atoms with van der Waals surface area (Å²) in [5, 5.41) is -0.0311. The van der Waals surface area contributed by atoms with Crippen molar-refractivity contribution in [1.29, 1.82) is 0 Å². The van der Waals surface area contributed by atoms with Gasteiger partial charge < -0.3 is 4.90 Å². The molecule has 0 aromatic heterocycles. The molecule has 1 atom stereocenters. The van der Waals surface area contributed by atoms with Crippen molar-refractivity contribution in [3.63, 3.8) is 0 Å². The van der Waals surface area contributed by atoms with E-state index in [-0.39, 0.29) is 11.2 Å². The molecule has 1 fully saturated rings. The van der Waals surface area contributed by atoms with Gasteiger partial charge in [-0.15, -0.1) is 0 Å². The first kappa shape index (κ1) is 18.1. The van der Waals surface area contributed by atoms with Crippen molar-refractivity contribution in [3.8, 4) is 0 Å². The number of hydrogen-bond acceptors (Lipinski definition) is 3. The van der Waals surface area contributed by atoms with E-state index in [1.54, 1.807) is 0 Å². The zero-order valence-electron chi connectivity index (χ0n) is 13.3. The van der Waals surface area contributed by atoms with Crippen molar-refractivity contribution in [2.75, 3.05) is 32.4 Å². The Bertz CT molecular complexity index is 525. The average Bonchev–Trinajstić information content (AvgIpc) is 2.54. The normalized spacial score (nSPS) is 18.0. The number of benzene rings is 1. The number of rotatable bonds is 4. The lowest BCUT2D eigenvalue weighted by Gasteiger charge is -2.35. The van der Waals surface area contributed by atoms with Crippen molar-refractivity contribution in [3.05, 3.63) is 35.4 Å². The van der Waals surface area contributed by atoms with Crippen molar-refractivity contribution < 1.29 is 18.0 Å². The fraction of sp³-hybridized carbons (Fsp3) is 0.562. The third kappa shape index (κ3) is 4.88. The van der Waals surface area contributed by atoms with Crippen molar-refractivity contribution in [2.24, 2.45) is 0 Å². The highest BCUT2D eigenvalue weighted by Gasteiger charge is 2.30. The molecule has 0 spiro atoms. The van der Waals surface area contributed by atoms with Gasteiger partial charge in [0.25, 0.3) is 0 Å². The van der Waals surface area contributed by atoms with Crippen LogP contribution >= 0.6 is 11.8 Å². The van der Waals surface area contributed by atoms with Crippen LogP contribution < -0.4 is 0 Å². The number of halogens is 3. The lowest BCUT2D eigenvalue weighted by Crippen LogP contribution is -2.50. The molecule has 0 N–H and O–H groups in total. The van der Waals surface area contributed by atoms with E-state index < -0.39 is 11.7 Å². The largest absolute Gasteiger partial charge is 0.416 e. The summed E-state index contributed by atoms with van der Waals surface area (Å²) in [6.45, 7) is 5.34. The first-order valence-electron chi connectivity index (χ1n) is 7.51. The molecule has 128 valence electrons. The van der Waals surface area contributed by atoms with Crippen molar-refractivity contribution in [2.45, 2.75) is 24.9 Å². The van der Waals surface area contributed by atoms with E-state index in [1.165, 1.54) is 23.9 Å². The summed E-state index contributed by atoms with van der Waals surface area (Å²) in [5.41, 5.74) is 0.234. The first-order valence-corrected chi connectivity index (χ1v) is 8.80. The topological polar surface area (TPSA) is 23.6 Å². The molecular formula is C16H21F3N2OS. The van der Waals surface area contributed by atoms with Crippen LogP contribution in [0.4, 0.5) is 13.2 Å². The summed E-state index contributed by atoms with van der Waals surface area (Å²) in [4.78, 5) is 16.1. The molecule has 2 rings (SSSR count). The number of piperazine rings is 1. The van der Waals surface area contributed by atoms with E-state index in [9.17, 15) is 18.0 Å². The minimum atomic E-state index is -4.29. The average molecular weight is 346 g/mol. The van der Waals surface area contributed by atoms with E-state index in [2.05, 4.69) is 4.90 Å². The zero-order chi connectivity index (χ0) is 17.0. The molecule has 1 amide bonds. The van der Waals surface area contributed by atoms with Gasteiger partial charge in [0, 0.05) is 32.7 Å². The maximum absolute atomic E-state index is 12.5. The van der Waals surface area contributed by atoms with Crippen LogP contribution in [0.1, 0.15) is 18.1 Å². The SMILES string of the molecule is CS[C@H](C)C(=O)N1CCN(Cc2ccc(C(F)(F)F)cc2)CC1. The highest BCUT2D eigenvalue weighted by Crippen LogP contribution is 2.29. The van der Waals surface area contributed by atoms with Crippen LogP contribution in [-0.4, -0.2) is 53.4 Å². The Morgan fingerprint density at radius 1 is 1.17 bits per heavy atom. The zero-order valence-corrected chi connectivity index (χ0v) is 14.1. The second kappa shape index (κ2) is 7.57. The minimum Gasteiger partial charge on any atom is -0.339 e. The van der Waals surface area contributed by atoms with Crippen LogP contribution in [0, 0.1) is 0 Å². The molecule has 0 bridgehead atoms. The molecule has 1 aromatic carbocycles. The number of carbonyl (C=O) groups excluding carboxylic acids is 1. The van der Waals surface area contributed by atoms with E-state index in [4.69, 9.17) is 0 Å². The summed E-state index contributed by atoms with van der Waals surface area (Å²) < 4.78 is 37.6. The Balaban J connectivity index is 1.86. The van der Waals surface area contributed by atoms with Gasteiger partial charge in [-0.2, -0.15) is 24.9 Å². The highest BCUT2D eigenvalue weighted by molar-refractivity contribution is 7.99. The fourth-order valence-electron chi connectivity index (χ4n) is 2.54. The van der Waals surface area contributed by atoms with Crippen molar-refractivity contribution in [1.82, 2.24) is 9.80 Å². The van der Waals surface area contributed by atoms with Crippen LogP contribution in [0.2, 0.25) is 0 Å². The van der Waals surface area contributed by atoms with Gasteiger partial charge >= 0.3 is 6.18 Å². The van der Waals surface area contributed by atoms with Gasteiger partial charge in [0.05, 0.1) is 10.8 Å². The van der Waals surface area contributed by atoms with Gasteiger partial charge in [-0.1, -0.05) is 12.1 Å². The van der Waals surface area contributed by atoms with Gasteiger partial charge in [0.2, 0.25) is 5.91 Å². The van der Waals surface area contributed by atoms with Crippen LogP contribution in [-0.2, 0) is 17.5 Å². The molecular weight excluding hydrogens is 325 g/mol. The number of thioether (sulfide) groups is 1. The van der Waals surface area contributed by atoms with E-state index >= 15 is 0 Å². The van der Waals surface area contributed by atoms with Gasteiger partial charge in [-0.3, -0.25) is 9.69 Å². The van der Waals surface area contributed by atoms with Gasteiger partial charge in [-0.05, 0) is 30.9 Å². The monoisotopic (exact) mass is 346 g/mol. The number of alkyl halides is 3. The predicted molar refractivity (Wildman–Crippen MR) is 86.3 cm³/mol. The lowest BCUT2D eigenvalue weighted by atomic mass is 10.1. The van der Waals surface area contributed by atoms with E-state index in [0.717, 1.165) is 30.8 Å². The summed E-state index contributed by atoms with van der Waals surface area (Å²) in [6.07, 6.45) is -2.37. The Kier molecular flexibility index (Phi) is 5.97. The minimum absolute atomic E-state index is 0.0311. The van der Waals surface area contributed by atoms with Crippen LogP contribution in [0.5, 0.6) is 0 Å². The number of hydrogen-bond donors (Lipinski definition) is 0. The second-order valence-electron chi connectivity index (χ2n) is 5.67. The molecule has 23 heavy (non-hydrogen) atoms.